The van der Waals surface area contributed by atoms with Crippen LogP contribution in [0.2, 0.25) is 0 Å². The average Bonchev–Trinajstić information content (AvgIpc) is 3.65. The number of para-hydroxylation sites is 1. The number of hydrogen-bond donors (Lipinski definition) is 2. The van der Waals surface area contributed by atoms with Crippen LogP contribution in [-0.4, -0.2) is 93.2 Å². The predicted molar refractivity (Wildman–Crippen MR) is 166 cm³/mol. The van der Waals surface area contributed by atoms with Crippen molar-refractivity contribution in [3.05, 3.63) is 89.9 Å². The van der Waals surface area contributed by atoms with E-state index in [-0.39, 0.29) is 36.5 Å². The van der Waals surface area contributed by atoms with E-state index in [1.54, 1.807) is 26.9 Å². The molecule has 2 bridgehead atoms. The first-order valence-corrected chi connectivity index (χ1v) is 14.9. The number of amides is 3. The number of aromatic nitrogens is 3. The first kappa shape index (κ1) is 31.2. The maximum Gasteiger partial charge on any atom is 0.290 e. The minimum atomic E-state index is -0.390. The molecule has 4 aromatic rings. The van der Waals surface area contributed by atoms with Crippen LogP contribution in [0.15, 0.2) is 73.1 Å². The van der Waals surface area contributed by atoms with Gasteiger partial charge in [0.15, 0.2) is 5.69 Å². The maximum atomic E-state index is 13.7. The summed E-state index contributed by atoms with van der Waals surface area (Å²) in [5, 5.41) is 15.3. The first-order chi connectivity index (χ1) is 21.9. The van der Waals surface area contributed by atoms with Crippen LogP contribution in [0.1, 0.15) is 34.0 Å². The molecule has 0 aliphatic carbocycles. The minimum absolute atomic E-state index is 0.0233. The molecule has 1 fully saturated rings. The van der Waals surface area contributed by atoms with E-state index in [0.29, 0.717) is 57.2 Å². The van der Waals surface area contributed by atoms with Gasteiger partial charge < -0.3 is 25.0 Å². The lowest BCUT2D eigenvalue weighted by molar-refractivity contribution is -0.130. The van der Waals surface area contributed by atoms with E-state index in [9.17, 15) is 14.4 Å². The zero-order valence-electron chi connectivity index (χ0n) is 25.0. The van der Waals surface area contributed by atoms with Crippen LogP contribution >= 0.6 is 0 Å². The summed E-state index contributed by atoms with van der Waals surface area (Å²) in [6, 6.07) is 19.1. The summed E-state index contributed by atoms with van der Waals surface area (Å²) >= 11 is 0. The molecule has 2 aliphatic heterocycles. The summed E-state index contributed by atoms with van der Waals surface area (Å²) in [7, 11) is 1.83. The third-order valence-corrected chi connectivity index (χ3v) is 8.16. The van der Waals surface area contributed by atoms with Gasteiger partial charge in [-0.25, -0.2) is 0 Å². The van der Waals surface area contributed by atoms with Gasteiger partial charge in [-0.05, 0) is 41.8 Å². The third kappa shape index (κ3) is 7.28. The number of hydrogen-bond acceptors (Lipinski definition) is 7. The van der Waals surface area contributed by atoms with Crippen molar-refractivity contribution in [2.45, 2.75) is 18.8 Å². The predicted octanol–water partition coefficient (Wildman–Crippen LogP) is 2.49. The topological polar surface area (TPSA) is 147 Å². The van der Waals surface area contributed by atoms with E-state index in [4.69, 9.17) is 14.6 Å². The quantitative estimate of drug-likeness (QED) is 0.336. The molecular weight excluding hydrogens is 576 g/mol. The van der Waals surface area contributed by atoms with Crippen LogP contribution in [0.25, 0.3) is 10.9 Å². The summed E-state index contributed by atoms with van der Waals surface area (Å²) in [6.07, 6.45) is 4.20. The number of carbonyl (C=O) groups excluding carboxylic acids is 3. The second-order valence-electron chi connectivity index (χ2n) is 11.0. The molecule has 0 spiro atoms. The highest BCUT2D eigenvalue weighted by atomic mass is 16.5. The van der Waals surface area contributed by atoms with E-state index in [2.05, 4.69) is 15.4 Å². The van der Waals surface area contributed by atoms with Gasteiger partial charge in [0.2, 0.25) is 11.8 Å². The summed E-state index contributed by atoms with van der Waals surface area (Å²) < 4.78 is 7.84. The molecule has 12 nitrogen and oxygen atoms in total. The lowest BCUT2D eigenvalue weighted by atomic mass is 9.88. The SMILES string of the molecule is Cn1nc(C(=O)N2CCCNC(=O)[C@H]3CN(C(=O)Cc4cccnc4)C[C@@H]3c3cccc(c3)OCC2)c2ccccc21.O=CO. The van der Waals surface area contributed by atoms with Gasteiger partial charge >= 0.3 is 0 Å². The van der Waals surface area contributed by atoms with Crippen LogP contribution in [0, 0.1) is 5.92 Å². The molecule has 3 amide bonds. The normalized spacial score (nSPS) is 18.5. The van der Waals surface area contributed by atoms with E-state index in [1.807, 2.05) is 67.7 Å². The molecule has 0 saturated carbocycles. The fraction of sp³-hybridized carbons (Fsp3) is 0.333. The van der Waals surface area contributed by atoms with E-state index in [0.717, 1.165) is 22.0 Å². The highest BCUT2D eigenvalue weighted by molar-refractivity contribution is 6.04. The van der Waals surface area contributed by atoms with Crippen LogP contribution in [0.3, 0.4) is 0 Å². The smallest absolute Gasteiger partial charge is 0.290 e. The number of carboxylic acid groups (broad SMARTS) is 1. The number of pyridine rings is 1. The Morgan fingerprint density at radius 1 is 1.04 bits per heavy atom. The Balaban J connectivity index is 0.00000128. The molecule has 45 heavy (non-hydrogen) atoms. The lowest BCUT2D eigenvalue weighted by Crippen LogP contribution is -2.39. The number of likely N-dealkylation sites (tertiary alicyclic amines) is 1. The second kappa shape index (κ2) is 14.5. The molecule has 4 heterocycles. The molecule has 2 aliphatic rings. The molecule has 234 valence electrons. The van der Waals surface area contributed by atoms with Crippen molar-refractivity contribution in [1.82, 2.24) is 29.9 Å². The molecular formula is C33H36N6O6. The Morgan fingerprint density at radius 2 is 1.84 bits per heavy atom. The fourth-order valence-electron chi connectivity index (χ4n) is 5.96. The summed E-state index contributed by atoms with van der Waals surface area (Å²) in [4.78, 5) is 56.3. The van der Waals surface area contributed by atoms with Gasteiger partial charge in [-0.3, -0.25) is 28.8 Å². The third-order valence-electron chi connectivity index (χ3n) is 8.16. The number of ether oxygens (including phenoxy) is 1. The Labute approximate surface area is 260 Å². The van der Waals surface area contributed by atoms with Crippen LogP contribution in [0.4, 0.5) is 0 Å². The number of nitrogens with zero attached hydrogens (tertiary/aromatic N) is 5. The number of nitrogens with one attached hydrogen (secondary N) is 1. The van der Waals surface area contributed by atoms with Gasteiger partial charge in [0.25, 0.3) is 12.4 Å². The number of benzene rings is 2. The van der Waals surface area contributed by atoms with Crippen LogP contribution < -0.4 is 10.1 Å². The van der Waals surface area contributed by atoms with Crippen molar-refractivity contribution in [1.29, 1.82) is 0 Å². The molecule has 12 heteroatoms. The first-order valence-electron chi connectivity index (χ1n) is 14.9. The highest BCUT2D eigenvalue weighted by Crippen LogP contribution is 2.35. The molecule has 0 unspecified atom stereocenters. The Hall–Kier alpha value is -5.26. The van der Waals surface area contributed by atoms with Gasteiger partial charge in [0.1, 0.15) is 12.4 Å². The summed E-state index contributed by atoms with van der Waals surface area (Å²) in [6.45, 7) is 2.11. The monoisotopic (exact) mass is 612 g/mol. The van der Waals surface area contributed by atoms with Crippen molar-refractivity contribution in [3.63, 3.8) is 0 Å². The molecule has 6 rings (SSSR count). The number of aryl methyl sites for hydroxylation is 1. The lowest BCUT2D eigenvalue weighted by Gasteiger charge is -2.24. The average molecular weight is 613 g/mol. The maximum absolute atomic E-state index is 13.7. The molecule has 2 atom stereocenters. The zero-order chi connectivity index (χ0) is 31.8. The molecule has 2 aromatic carbocycles. The highest BCUT2D eigenvalue weighted by Gasteiger charge is 2.40. The number of rotatable bonds is 3. The van der Waals surface area contributed by atoms with Crippen molar-refractivity contribution in [2.24, 2.45) is 13.0 Å². The summed E-state index contributed by atoms with van der Waals surface area (Å²) in [5.74, 6) is -0.150. The standard InChI is InChI=1S/C32H34N6O4.CH2O2/c1-36-28-11-3-2-10-25(28)30(35-36)32(41)37-14-6-13-34-31(40)27-21-38(29(39)17-22-7-5-12-33-19-22)20-26(27)23-8-4-9-24(18-23)42-16-15-37;2-1-3/h2-5,7-12,18-19,26-27H,6,13-17,20-21H2,1H3,(H,34,40);1H,(H,2,3)/t26-,27+;/m1./s1. The van der Waals surface area contributed by atoms with Crippen LogP contribution in [0.5, 0.6) is 5.75 Å². The zero-order valence-corrected chi connectivity index (χ0v) is 25.0. The molecule has 0 radical (unpaired) electrons. The van der Waals surface area contributed by atoms with Gasteiger partial charge in [0.05, 0.1) is 24.4 Å². The fourth-order valence-corrected chi connectivity index (χ4v) is 5.96. The second-order valence-corrected chi connectivity index (χ2v) is 11.0. The molecule has 2 N–H and O–H groups in total. The van der Waals surface area contributed by atoms with Gasteiger partial charge in [-0.2, -0.15) is 5.10 Å². The van der Waals surface area contributed by atoms with Gasteiger partial charge in [-0.15, -0.1) is 0 Å². The minimum Gasteiger partial charge on any atom is -0.492 e. The number of carbonyl (C=O) groups is 4. The van der Waals surface area contributed by atoms with E-state index < -0.39 is 5.92 Å². The van der Waals surface area contributed by atoms with Gasteiger partial charge in [-0.1, -0.05) is 36.4 Å². The van der Waals surface area contributed by atoms with E-state index in [1.165, 1.54) is 0 Å². The largest absolute Gasteiger partial charge is 0.492 e. The Bertz CT molecular complexity index is 1660. The van der Waals surface area contributed by atoms with Crippen molar-refractivity contribution in [2.75, 3.05) is 39.3 Å². The van der Waals surface area contributed by atoms with Crippen molar-refractivity contribution < 1.29 is 29.0 Å². The van der Waals surface area contributed by atoms with Gasteiger partial charge in [0, 0.05) is 56.9 Å². The van der Waals surface area contributed by atoms with E-state index >= 15 is 0 Å². The number of fused-ring (bicyclic) bond motifs is 5. The van der Waals surface area contributed by atoms with Crippen molar-refractivity contribution >= 4 is 35.1 Å². The molecule has 2 aromatic heterocycles. The Kier molecular flexibility index (Phi) is 10.0. The van der Waals surface area contributed by atoms with Crippen LogP contribution in [-0.2, 0) is 27.9 Å². The molecule has 1 saturated heterocycles. The van der Waals surface area contributed by atoms with Crippen molar-refractivity contribution in [3.8, 4) is 5.75 Å². The Morgan fingerprint density at radius 3 is 2.64 bits per heavy atom. The summed E-state index contributed by atoms with van der Waals surface area (Å²) in [5.41, 5.74) is 3.10.